The Morgan fingerprint density at radius 1 is 1.09 bits per heavy atom. The van der Waals surface area contributed by atoms with Crippen molar-refractivity contribution >= 4 is 22.7 Å². The van der Waals surface area contributed by atoms with Gasteiger partial charge in [-0.05, 0) is 29.8 Å². The molecule has 1 heterocycles. The Balaban J connectivity index is 1.94. The summed E-state index contributed by atoms with van der Waals surface area (Å²) in [5, 5.41) is 0.530. The molecule has 0 radical (unpaired) electrons. The van der Waals surface area contributed by atoms with E-state index in [4.69, 9.17) is 5.84 Å². The highest BCUT2D eigenvalue weighted by atomic mass is 32.2. The van der Waals surface area contributed by atoms with Gasteiger partial charge in [-0.25, -0.2) is 18.4 Å². The number of nitrogen functional groups attached to an aromatic ring is 1. The number of nitrogens with zero attached hydrogens (tertiary/aromatic N) is 2. The first kappa shape index (κ1) is 14.5. The van der Waals surface area contributed by atoms with E-state index in [1.54, 1.807) is 12.1 Å². The van der Waals surface area contributed by atoms with E-state index in [1.165, 1.54) is 42.1 Å². The minimum absolute atomic E-state index is 0.258. The monoisotopic (exact) mass is 319 g/mol. The Hall–Kier alpha value is -2.41. The normalized spacial score (nSPS) is 11.0. The van der Waals surface area contributed by atoms with Crippen molar-refractivity contribution < 1.29 is 8.78 Å². The van der Waals surface area contributed by atoms with E-state index in [2.05, 4.69) is 4.98 Å². The van der Waals surface area contributed by atoms with Crippen LogP contribution in [0.25, 0.3) is 10.9 Å². The summed E-state index contributed by atoms with van der Waals surface area (Å²) in [7, 11) is 0. The molecule has 4 nitrogen and oxygen atoms in total. The summed E-state index contributed by atoms with van der Waals surface area (Å²) in [6.07, 6.45) is 0. The lowest BCUT2D eigenvalue weighted by molar-refractivity contribution is 0.627. The lowest BCUT2D eigenvalue weighted by atomic mass is 10.2. The molecule has 0 aliphatic rings. The van der Waals surface area contributed by atoms with Crippen molar-refractivity contribution in [3.05, 3.63) is 70.0 Å². The van der Waals surface area contributed by atoms with Gasteiger partial charge >= 0.3 is 0 Å². The summed E-state index contributed by atoms with van der Waals surface area (Å²) >= 11 is 1.22. The van der Waals surface area contributed by atoms with Gasteiger partial charge in [0.05, 0.1) is 10.9 Å². The third kappa shape index (κ3) is 2.80. The van der Waals surface area contributed by atoms with Crippen LogP contribution in [0.1, 0.15) is 5.56 Å². The Labute approximate surface area is 128 Å². The van der Waals surface area contributed by atoms with Crippen LogP contribution >= 0.6 is 11.8 Å². The van der Waals surface area contributed by atoms with Crippen LogP contribution in [0.2, 0.25) is 0 Å². The van der Waals surface area contributed by atoms with Crippen LogP contribution < -0.4 is 11.4 Å². The molecule has 22 heavy (non-hydrogen) atoms. The second-order valence-electron chi connectivity index (χ2n) is 4.65. The highest BCUT2D eigenvalue weighted by Gasteiger charge is 2.10. The topological polar surface area (TPSA) is 60.9 Å². The molecule has 0 aliphatic heterocycles. The van der Waals surface area contributed by atoms with Crippen LogP contribution in [0.3, 0.4) is 0 Å². The average Bonchev–Trinajstić information content (AvgIpc) is 2.51. The number of halogens is 2. The van der Waals surface area contributed by atoms with Gasteiger partial charge in [-0.1, -0.05) is 23.9 Å². The van der Waals surface area contributed by atoms with Gasteiger partial charge in [-0.2, -0.15) is 0 Å². The summed E-state index contributed by atoms with van der Waals surface area (Å²) in [5.41, 5.74) is 0.680. The summed E-state index contributed by atoms with van der Waals surface area (Å²) < 4.78 is 27.1. The lowest BCUT2D eigenvalue weighted by Crippen LogP contribution is -2.29. The zero-order chi connectivity index (χ0) is 15.7. The number of rotatable bonds is 3. The quantitative estimate of drug-likeness (QED) is 0.458. The fourth-order valence-electron chi connectivity index (χ4n) is 1.98. The molecule has 0 saturated carbocycles. The molecular formula is C15H11F2N3OS. The largest absolute Gasteiger partial charge is 0.334 e. The van der Waals surface area contributed by atoms with Crippen LogP contribution in [0.15, 0.2) is 52.4 Å². The predicted molar refractivity (Wildman–Crippen MR) is 82.1 cm³/mol. The molecule has 112 valence electrons. The van der Waals surface area contributed by atoms with Gasteiger partial charge in [-0.15, -0.1) is 0 Å². The number of hydrogen-bond donors (Lipinski definition) is 1. The second kappa shape index (κ2) is 5.76. The molecule has 0 unspecified atom stereocenters. The van der Waals surface area contributed by atoms with Gasteiger partial charge < -0.3 is 5.84 Å². The number of thioether (sulfide) groups is 1. The molecule has 7 heteroatoms. The van der Waals surface area contributed by atoms with Crippen LogP contribution in [0.5, 0.6) is 0 Å². The van der Waals surface area contributed by atoms with E-state index in [9.17, 15) is 13.6 Å². The van der Waals surface area contributed by atoms with E-state index in [0.29, 0.717) is 5.75 Å². The molecule has 3 aromatic rings. The second-order valence-corrected chi connectivity index (χ2v) is 5.59. The molecule has 2 N–H and O–H groups in total. The molecule has 0 amide bonds. The number of hydrogen-bond acceptors (Lipinski definition) is 4. The minimum Gasteiger partial charge on any atom is -0.334 e. The zero-order valence-corrected chi connectivity index (χ0v) is 12.1. The van der Waals surface area contributed by atoms with Crippen LogP contribution in [0, 0.1) is 11.6 Å². The molecule has 2 aromatic carbocycles. The van der Waals surface area contributed by atoms with E-state index in [1.807, 2.05) is 0 Å². The first-order valence-electron chi connectivity index (χ1n) is 6.39. The van der Waals surface area contributed by atoms with Crippen molar-refractivity contribution in [2.75, 3.05) is 5.84 Å². The highest BCUT2D eigenvalue weighted by Crippen LogP contribution is 2.21. The van der Waals surface area contributed by atoms with Gasteiger partial charge in [0.1, 0.15) is 11.6 Å². The Bertz CT molecular complexity index is 894. The molecular weight excluding hydrogens is 308 g/mol. The third-order valence-corrected chi connectivity index (χ3v) is 4.14. The van der Waals surface area contributed by atoms with Gasteiger partial charge in [0.2, 0.25) is 0 Å². The summed E-state index contributed by atoms with van der Waals surface area (Å²) in [4.78, 5) is 16.3. The van der Waals surface area contributed by atoms with Gasteiger partial charge in [0, 0.05) is 11.8 Å². The zero-order valence-electron chi connectivity index (χ0n) is 11.3. The maximum Gasteiger partial charge on any atom is 0.280 e. The molecule has 1 aromatic heterocycles. The Morgan fingerprint density at radius 3 is 2.50 bits per heavy atom. The van der Waals surface area contributed by atoms with E-state index < -0.39 is 11.4 Å². The van der Waals surface area contributed by atoms with Crippen molar-refractivity contribution in [1.29, 1.82) is 0 Å². The van der Waals surface area contributed by atoms with Crippen molar-refractivity contribution in [3.63, 3.8) is 0 Å². The first-order valence-corrected chi connectivity index (χ1v) is 7.38. The fraction of sp³-hybridized carbons (Fsp3) is 0.0667. The maximum absolute atomic E-state index is 13.3. The lowest BCUT2D eigenvalue weighted by Gasteiger charge is -2.08. The smallest absolute Gasteiger partial charge is 0.280 e. The highest BCUT2D eigenvalue weighted by molar-refractivity contribution is 7.98. The van der Waals surface area contributed by atoms with Gasteiger partial charge in [0.25, 0.3) is 5.56 Å². The van der Waals surface area contributed by atoms with Crippen molar-refractivity contribution in [2.24, 2.45) is 0 Å². The Kier molecular flexibility index (Phi) is 3.81. The summed E-state index contributed by atoms with van der Waals surface area (Å²) in [6, 6.07) is 9.74. The maximum atomic E-state index is 13.3. The first-order chi connectivity index (χ1) is 10.5. The van der Waals surface area contributed by atoms with Gasteiger partial charge in [-0.3, -0.25) is 4.79 Å². The van der Waals surface area contributed by atoms with E-state index >= 15 is 0 Å². The van der Waals surface area contributed by atoms with E-state index in [-0.39, 0.29) is 21.9 Å². The standard InChI is InChI=1S/C15H11F2N3OS/c16-10-3-1-9(2-4-10)8-22-15-19-13-7-11(17)5-6-12(13)14(21)20(15)18/h1-7H,8,18H2. The molecule has 3 rings (SSSR count). The SMILES string of the molecule is Nn1c(SCc2ccc(F)cc2)nc2cc(F)ccc2c1=O. The van der Waals surface area contributed by atoms with Crippen molar-refractivity contribution in [2.45, 2.75) is 10.9 Å². The molecule has 0 bridgehead atoms. The third-order valence-electron chi connectivity index (χ3n) is 3.11. The molecule has 0 fully saturated rings. The Morgan fingerprint density at radius 2 is 1.77 bits per heavy atom. The summed E-state index contributed by atoms with van der Waals surface area (Å²) in [5.74, 6) is 5.42. The average molecular weight is 319 g/mol. The van der Waals surface area contributed by atoms with Gasteiger partial charge in [0.15, 0.2) is 5.16 Å². The molecule has 0 spiro atoms. The van der Waals surface area contributed by atoms with Crippen molar-refractivity contribution in [1.82, 2.24) is 9.66 Å². The number of aromatic nitrogens is 2. The minimum atomic E-state index is -0.469. The summed E-state index contributed by atoms with van der Waals surface area (Å²) in [6.45, 7) is 0. The molecule has 0 atom stereocenters. The van der Waals surface area contributed by atoms with Crippen LogP contribution in [-0.2, 0) is 5.75 Å². The molecule has 0 aliphatic carbocycles. The number of fused-ring (bicyclic) bond motifs is 1. The van der Waals surface area contributed by atoms with Crippen LogP contribution in [0.4, 0.5) is 8.78 Å². The van der Waals surface area contributed by atoms with Crippen molar-refractivity contribution in [3.8, 4) is 0 Å². The number of benzene rings is 2. The van der Waals surface area contributed by atoms with E-state index in [0.717, 1.165) is 10.2 Å². The van der Waals surface area contributed by atoms with Crippen LogP contribution in [-0.4, -0.2) is 9.66 Å². The fourth-order valence-corrected chi connectivity index (χ4v) is 2.86. The molecule has 0 saturated heterocycles. The number of nitrogens with two attached hydrogens (primary N) is 1. The predicted octanol–water partition coefficient (Wildman–Crippen LogP) is 2.68.